The molecule has 10 heteroatoms. The molecule has 1 aromatic carbocycles. The summed E-state index contributed by atoms with van der Waals surface area (Å²) in [4.78, 5) is 4.49. The van der Waals surface area contributed by atoms with Gasteiger partial charge in [-0.2, -0.15) is 0 Å². The van der Waals surface area contributed by atoms with Gasteiger partial charge in [-0.15, -0.1) is 19.9 Å². The van der Waals surface area contributed by atoms with Gasteiger partial charge in [0.05, 0.1) is 5.21 Å². The van der Waals surface area contributed by atoms with E-state index in [9.17, 15) is 0 Å². The van der Waals surface area contributed by atoms with Crippen LogP contribution < -0.4 is 23.3 Å². The molecule has 0 atom stereocenters. The number of halogens is 1. The van der Waals surface area contributed by atoms with E-state index < -0.39 is 10.2 Å². The van der Waals surface area contributed by atoms with Crippen molar-refractivity contribution in [2.45, 2.75) is 20.4 Å². The van der Waals surface area contributed by atoms with Gasteiger partial charge in [-0.25, -0.2) is 18.6 Å². The molecule has 23 heavy (non-hydrogen) atoms. The summed E-state index contributed by atoms with van der Waals surface area (Å²) in [6.45, 7) is 4.66. The molecule has 3 aromatic rings. The van der Waals surface area contributed by atoms with Crippen molar-refractivity contribution >= 4 is 5.78 Å². The van der Waals surface area contributed by atoms with Crippen LogP contribution in [0.25, 0.3) is 5.78 Å². The number of rotatable bonds is 2. The first kappa shape index (κ1) is 17.2. The minimum Gasteiger partial charge on any atom is -0.222 e. The summed E-state index contributed by atoms with van der Waals surface area (Å²) < 4.78 is 37.5. The highest BCUT2D eigenvalue weighted by atomic mass is 35.7. The molecule has 0 saturated carbocycles. The lowest BCUT2D eigenvalue weighted by molar-refractivity contribution is -2.00. The van der Waals surface area contributed by atoms with Gasteiger partial charge in [0, 0.05) is 6.07 Å². The molecule has 0 aliphatic heterocycles. The molecule has 0 unspecified atom stereocenters. The highest BCUT2D eigenvalue weighted by molar-refractivity contribution is 5.24. The van der Waals surface area contributed by atoms with Gasteiger partial charge < -0.3 is 0 Å². The minimum absolute atomic E-state index is 0.681. The standard InChI is InChI=1S/C13H14N5.ClHO4/c1-10-8-11(2)18-13(14-10)17(15-16-18)9-12-6-4-3-5-7-12;2-1(3,4)5/h3-8H,9H2,1-2H3;(H,2,3,4,5)/q+1;/p-1. The fourth-order valence-electron chi connectivity index (χ4n) is 2.02. The largest absolute Gasteiger partial charge is 0.407 e. The molecule has 0 saturated heterocycles. The number of nitrogens with zero attached hydrogens (tertiary/aromatic N) is 5. The molecule has 122 valence electrons. The first-order valence-electron chi connectivity index (χ1n) is 6.49. The predicted octanol–water partition coefficient (Wildman–Crippen LogP) is -3.68. The van der Waals surface area contributed by atoms with Crippen LogP contribution in [0.15, 0.2) is 36.4 Å². The van der Waals surface area contributed by atoms with Gasteiger partial charge in [0.1, 0.15) is 23.1 Å². The van der Waals surface area contributed by atoms with Crippen molar-refractivity contribution in [1.82, 2.24) is 19.9 Å². The number of aromatic nitrogens is 5. The van der Waals surface area contributed by atoms with Gasteiger partial charge >= 0.3 is 5.78 Å². The Morgan fingerprint density at radius 2 is 1.70 bits per heavy atom. The van der Waals surface area contributed by atoms with E-state index in [-0.39, 0.29) is 0 Å². The lowest BCUT2D eigenvalue weighted by Gasteiger charge is -2.17. The van der Waals surface area contributed by atoms with Crippen LogP contribution >= 0.6 is 0 Å². The smallest absolute Gasteiger partial charge is 0.222 e. The first-order chi connectivity index (χ1) is 10.7. The third-order valence-electron chi connectivity index (χ3n) is 2.86. The number of hydrogen-bond donors (Lipinski definition) is 0. The summed E-state index contributed by atoms with van der Waals surface area (Å²) in [6, 6.07) is 12.2. The van der Waals surface area contributed by atoms with Crippen molar-refractivity contribution in [3.8, 4) is 0 Å². The maximum atomic E-state index is 8.49. The van der Waals surface area contributed by atoms with E-state index in [1.807, 2.05) is 42.8 Å². The van der Waals surface area contributed by atoms with Crippen molar-refractivity contribution in [2.24, 2.45) is 0 Å². The van der Waals surface area contributed by atoms with Crippen LogP contribution in [0, 0.1) is 24.1 Å². The maximum absolute atomic E-state index is 8.49. The molecule has 0 amide bonds. The van der Waals surface area contributed by atoms with Gasteiger partial charge in [0.25, 0.3) is 0 Å². The van der Waals surface area contributed by atoms with Crippen LogP contribution in [0.2, 0.25) is 0 Å². The molecule has 2 aromatic heterocycles. The monoisotopic (exact) mass is 339 g/mol. The molecule has 0 spiro atoms. The highest BCUT2D eigenvalue weighted by Crippen LogP contribution is 2.02. The van der Waals surface area contributed by atoms with Gasteiger partial charge in [0.2, 0.25) is 0 Å². The number of fused-ring (bicyclic) bond motifs is 1. The SMILES string of the molecule is Cc1cc(C)n2nn[n+](Cc3ccccc3)c2n1.[O-][Cl+3]([O-])([O-])[O-]. The van der Waals surface area contributed by atoms with Crippen molar-refractivity contribution in [3.63, 3.8) is 0 Å². The van der Waals surface area contributed by atoms with Gasteiger partial charge in [-0.05, 0) is 19.4 Å². The van der Waals surface area contributed by atoms with Crippen LogP contribution in [-0.2, 0) is 6.54 Å². The zero-order chi connectivity index (χ0) is 17.0. The van der Waals surface area contributed by atoms with Crippen molar-refractivity contribution < 1.29 is 33.6 Å². The Hall–Kier alpha value is -2.17. The minimum atomic E-state index is -4.94. The Morgan fingerprint density at radius 3 is 2.30 bits per heavy atom. The molecule has 2 heterocycles. The van der Waals surface area contributed by atoms with Gasteiger partial charge in [-0.3, -0.25) is 0 Å². The van der Waals surface area contributed by atoms with Crippen LogP contribution in [0.4, 0.5) is 0 Å². The zero-order valence-corrected chi connectivity index (χ0v) is 13.2. The average Bonchev–Trinajstić information content (AvgIpc) is 2.81. The maximum Gasteiger partial charge on any atom is 0.407 e. The van der Waals surface area contributed by atoms with E-state index in [1.165, 1.54) is 5.56 Å². The van der Waals surface area contributed by atoms with E-state index >= 15 is 0 Å². The molecule has 9 nitrogen and oxygen atoms in total. The highest BCUT2D eigenvalue weighted by Gasteiger charge is 2.17. The second-order valence-corrected chi connectivity index (χ2v) is 5.51. The van der Waals surface area contributed by atoms with Crippen molar-refractivity contribution in [2.75, 3.05) is 0 Å². The second kappa shape index (κ2) is 6.94. The van der Waals surface area contributed by atoms with Gasteiger partial charge in [0.15, 0.2) is 0 Å². The van der Waals surface area contributed by atoms with Crippen LogP contribution in [0.1, 0.15) is 17.0 Å². The Bertz CT molecular complexity index is 782. The molecular weight excluding hydrogens is 326 g/mol. The van der Waals surface area contributed by atoms with E-state index in [0.717, 1.165) is 17.2 Å². The molecule has 3 rings (SSSR count). The summed E-state index contributed by atoms with van der Waals surface area (Å²) in [5, 5.41) is 8.28. The molecular formula is C13H14ClN5O4. The molecule has 0 aliphatic carbocycles. The van der Waals surface area contributed by atoms with E-state index in [4.69, 9.17) is 18.6 Å². The zero-order valence-electron chi connectivity index (χ0n) is 12.4. The summed E-state index contributed by atoms with van der Waals surface area (Å²) in [5.41, 5.74) is 3.20. The normalized spacial score (nSPS) is 11.2. The van der Waals surface area contributed by atoms with E-state index in [1.54, 1.807) is 4.52 Å². The summed E-state index contributed by atoms with van der Waals surface area (Å²) in [5.74, 6) is 0.774. The van der Waals surface area contributed by atoms with E-state index in [2.05, 4.69) is 27.5 Å². The number of tetrazole rings is 1. The van der Waals surface area contributed by atoms with Crippen LogP contribution in [0.5, 0.6) is 0 Å². The summed E-state index contributed by atoms with van der Waals surface area (Å²) in [6.07, 6.45) is 0. The fourth-order valence-corrected chi connectivity index (χ4v) is 2.02. The third kappa shape index (κ3) is 5.20. The average molecular weight is 340 g/mol. The Morgan fingerprint density at radius 1 is 1.09 bits per heavy atom. The number of benzene rings is 1. The summed E-state index contributed by atoms with van der Waals surface area (Å²) in [7, 11) is -4.94. The van der Waals surface area contributed by atoms with Crippen molar-refractivity contribution in [1.29, 1.82) is 0 Å². The number of aryl methyl sites for hydroxylation is 2. The predicted molar refractivity (Wildman–Crippen MR) is 66.0 cm³/mol. The first-order valence-corrected chi connectivity index (χ1v) is 7.73. The molecule has 0 N–H and O–H groups in total. The van der Waals surface area contributed by atoms with Crippen molar-refractivity contribution in [3.05, 3.63) is 53.3 Å². The quantitative estimate of drug-likeness (QED) is 0.438. The molecule has 0 bridgehead atoms. The molecule has 0 radical (unpaired) electrons. The second-order valence-electron chi connectivity index (χ2n) is 4.75. The van der Waals surface area contributed by atoms with Crippen LogP contribution in [0.3, 0.4) is 0 Å². The van der Waals surface area contributed by atoms with E-state index in [0.29, 0.717) is 6.54 Å². The number of hydrogen-bond acceptors (Lipinski definition) is 7. The topological polar surface area (TPSA) is 139 Å². The molecule has 0 aliphatic rings. The van der Waals surface area contributed by atoms with Crippen LogP contribution in [-0.4, -0.2) is 19.9 Å². The lowest BCUT2D eigenvalue weighted by Crippen LogP contribution is -2.68. The van der Waals surface area contributed by atoms with Gasteiger partial charge in [-0.1, -0.05) is 34.8 Å². The Kier molecular flexibility index (Phi) is 5.19. The Labute approximate surface area is 133 Å². The molecule has 0 fully saturated rings. The Balaban J connectivity index is 0.000000338. The fraction of sp³-hybridized carbons (Fsp3) is 0.231. The third-order valence-corrected chi connectivity index (χ3v) is 2.86. The lowest BCUT2D eigenvalue weighted by atomic mass is 10.2. The summed E-state index contributed by atoms with van der Waals surface area (Å²) >= 11 is 0.